The molecule has 1 heterocycles. The van der Waals surface area contributed by atoms with E-state index in [9.17, 15) is 9.90 Å². The molecule has 0 saturated carbocycles. The molecule has 0 fully saturated rings. The number of rotatable bonds is 2. The Balaban J connectivity index is 2.05. The Morgan fingerprint density at radius 1 is 1.22 bits per heavy atom. The standard InChI is InChI=1S/C17H12Cl2O4/c1-22-14-6-5-9-11(17(14)21)8-23-15(16(9)20)7-10-12(18)3-2-4-13(10)19/h2-7,21H,8H2,1H3/b15-7-. The number of ether oxygens (including phenoxy) is 2. The summed E-state index contributed by atoms with van der Waals surface area (Å²) < 4.78 is 10.5. The minimum atomic E-state index is -0.347. The molecule has 1 N–H and O–H groups in total. The Morgan fingerprint density at radius 2 is 1.91 bits per heavy atom. The van der Waals surface area contributed by atoms with Gasteiger partial charge in [-0.25, -0.2) is 0 Å². The van der Waals surface area contributed by atoms with E-state index in [1.807, 2.05) is 0 Å². The number of aromatic hydroxyl groups is 1. The van der Waals surface area contributed by atoms with Gasteiger partial charge in [-0.3, -0.25) is 4.79 Å². The third kappa shape index (κ3) is 2.76. The molecule has 3 rings (SSSR count). The monoisotopic (exact) mass is 350 g/mol. The summed E-state index contributed by atoms with van der Waals surface area (Å²) in [6.07, 6.45) is 1.51. The molecule has 2 aromatic carbocycles. The topological polar surface area (TPSA) is 55.8 Å². The first-order valence-electron chi connectivity index (χ1n) is 6.75. The molecule has 4 nitrogen and oxygen atoms in total. The second-order valence-electron chi connectivity index (χ2n) is 4.90. The van der Waals surface area contributed by atoms with E-state index in [4.69, 9.17) is 32.7 Å². The molecular weight excluding hydrogens is 339 g/mol. The van der Waals surface area contributed by atoms with Gasteiger partial charge in [0.25, 0.3) is 0 Å². The lowest BCUT2D eigenvalue weighted by molar-refractivity contribution is 0.0866. The van der Waals surface area contributed by atoms with Crippen LogP contribution in [-0.2, 0) is 11.3 Å². The molecular formula is C17H12Cl2O4. The number of fused-ring (bicyclic) bond motifs is 1. The van der Waals surface area contributed by atoms with Gasteiger partial charge in [0, 0.05) is 26.7 Å². The largest absolute Gasteiger partial charge is 0.504 e. The lowest BCUT2D eigenvalue weighted by Crippen LogP contribution is -2.16. The number of allylic oxidation sites excluding steroid dienone is 1. The van der Waals surface area contributed by atoms with Crippen LogP contribution in [0, 0.1) is 0 Å². The fraction of sp³-hybridized carbons (Fsp3) is 0.118. The van der Waals surface area contributed by atoms with Crippen molar-refractivity contribution in [3.63, 3.8) is 0 Å². The maximum atomic E-state index is 12.6. The number of halogens is 2. The zero-order chi connectivity index (χ0) is 16.6. The number of carbonyl (C=O) groups is 1. The van der Waals surface area contributed by atoms with E-state index < -0.39 is 0 Å². The van der Waals surface area contributed by atoms with Crippen LogP contribution in [0.15, 0.2) is 36.1 Å². The van der Waals surface area contributed by atoms with E-state index in [-0.39, 0.29) is 23.9 Å². The maximum absolute atomic E-state index is 12.6. The summed E-state index contributed by atoms with van der Waals surface area (Å²) in [6.45, 7) is 0.0536. The third-order valence-corrected chi connectivity index (χ3v) is 4.24. The summed E-state index contributed by atoms with van der Waals surface area (Å²) in [4.78, 5) is 12.6. The van der Waals surface area contributed by atoms with Crippen LogP contribution in [0.5, 0.6) is 11.5 Å². The predicted molar refractivity (Wildman–Crippen MR) is 88.2 cm³/mol. The molecule has 0 radical (unpaired) electrons. The first-order chi connectivity index (χ1) is 11.0. The van der Waals surface area contributed by atoms with E-state index in [1.54, 1.807) is 24.3 Å². The van der Waals surface area contributed by atoms with Gasteiger partial charge in [0.05, 0.1) is 7.11 Å². The van der Waals surface area contributed by atoms with Gasteiger partial charge in [-0.1, -0.05) is 29.3 Å². The van der Waals surface area contributed by atoms with Crippen LogP contribution in [0.3, 0.4) is 0 Å². The highest BCUT2D eigenvalue weighted by Crippen LogP contribution is 2.37. The van der Waals surface area contributed by atoms with Crippen molar-refractivity contribution < 1.29 is 19.4 Å². The Bertz CT molecular complexity index is 807. The Hall–Kier alpha value is -2.17. The fourth-order valence-electron chi connectivity index (χ4n) is 2.37. The second-order valence-corrected chi connectivity index (χ2v) is 5.72. The summed E-state index contributed by atoms with van der Waals surface area (Å²) in [5.74, 6) is -0.0211. The van der Waals surface area contributed by atoms with Gasteiger partial charge in [0.2, 0.25) is 5.78 Å². The maximum Gasteiger partial charge on any atom is 0.228 e. The zero-order valence-electron chi connectivity index (χ0n) is 12.1. The van der Waals surface area contributed by atoms with Crippen LogP contribution in [0.2, 0.25) is 10.0 Å². The summed E-state index contributed by atoms with van der Waals surface area (Å²) in [5, 5.41) is 10.9. The first kappa shape index (κ1) is 15.7. The molecule has 0 aromatic heterocycles. The minimum absolute atomic E-state index is 0.0536. The van der Waals surface area contributed by atoms with E-state index in [1.165, 1.54) is 19.3 Å². The highest BCUT2D eigenvalue weighted by atomic mass is 35.5. The van der Waals surface area contributed by atoms with Crippen LogP contribution in [0.25, 0.3) is 6.08 Å². The van der Waals surface area contributed by atoms with Crippen molar-refractivity contribution in [3.8, 4) is 11.5 Å². The Kier molecular flexibility index (Phi) is 4.20. The van der Waals surface area contributed by atoms with Crippen molar-refractivity contribution in [2.24, 2.45) is 0 Å². The lowest BCUT2D eigenvalue weighted by Gasteiger charge is -2.21. The molecule has 6 heteroatoms. The first-order valence-corrected chi connectivity index (χ1v) is 7.50. The van der Waals surface area contributed by atoms with Gasteiger partial charge in [0.1, 0.15) is 6.61 Å². The zero-order valence-corrected chi connectivity index (χ0v) is 13.6. The normalized spacial score (nSPS) is 15.3. The summed E-state index contributed by atoms with van der Waals surface area (Å²) in [5.41, 5.74) is 1.28. The van der Waals surface area contributed by atoms with E-state index in [0.717, 1.165) is 0 Å². The fourth-order valence-corrected chi connectivity index (χ4v) is 2.88. The smallest absolute Gasteiger partial charge is 0.228 e. The highest BCUT2D eigenvalue weighted by Gasteiger charge is 2.27. The number of methoxy groups -OCH3 is 1. The molecule has 2 aromatic rings. The highest BCUT2D eigenvalue weighted by molar-refractivity contribution is 6.37. The van der Waals surface area contributed by atoms with Crippen LogP contribution in [0.1, 0.15) is 21.5 Å². The third-order valence-electron chi connectivity index (χ3n) is 3.58. The van der Waals surface area contributed by atoms with Gasteiger partial charge in [-0.2, -0.15) is 0 Å². The quantitative estimate of drug-likeness (QED) is 0.812. The molecule has 0 spiro atoms. The molecule has 0 aliphatic carbocycles. The summed E-state index contributed by atoms with van der Waals surface area (Å²) in [7, 11) is 1.44. The molecule has 0 atom stereocenters. The summed E-state index contributed by atoms with van der Waals surface area (Å²) >= 11 is 12.2. The van der Waals surface area contributed by atoms with Crippen LogP contribution >= 0.6 is 23.2 Å². The van der Waals surface area contributed by atoms with E-state index in [2.05, 4.69) is 0 Å². The Labute approximate surface area is 142 Å². The number of hydrogen-bond acceptors (Lipinski definition) is 4. The van der Waals surface area contributed by atoms with Crippen LogP contribution < -0.4 is 4.74 Å². The molecule has 0 saturated heterocycles. The van der Waals surface area contributed by atoms with Crippen LogP contribution in [0.4, 0.5) is 0 Å². The van der Waals surface area contributed by atoms with Crippen molar-refractivity contribution in [3.05, 3.63) is 62.8 Å². The number of Topliss-reactive ketones (excluding diaryl/α,β-unsaturated/α-hetero) is 1. The molecule has 118 valence electrons. The molecule has 1 aliphatic heterocycles. The second kappa shape index (κ2) is 6.14. The average Bonchev–Trinajstić information content (AvgIpc) is 2.54. The average molecular weight is 351 g/mol. The van der Waals surface area contributed by atoms with E-state index >= 15 is 0 Å². The Morgan fingerprint density at radius 3 is 2.57 bits per heavy atom. The van der Waals surface area contributed by atoms with E-state index in [0.29, 0.717) is 32.5 Å². The number of carbonyl (C=O) groups excluding carboxylic acids is 1. The van der Waals surface area contributed by atoms with Crippen molar-refractivity contribution in [1.29, 1.82) is 0 Å². The number of phenols is 1. The number of hydrogen-bond donors (Lipinski definition) is 1. The van der Waals surface area contributed by atoms with Gasteiger partial charge in [0.15, 0.2) is 17.3 Å². The van der Waals surface area contributed by atoms with Crippen molar-refractivity contribution >= 4 is 35.1 Å². The summed E-state index contributed by atoms with van der Waals surface area (Å²) in [6, 6.07) is 8.21. The van der Waals surface area contributed by atoms with Crippen molar-refractivity contribution in [2.75, 3.05) is 7.11 Å². The van der Waals surface area contributed by atoms with Gasteiger partial charge < -0.3 is 14.6 Å². The van der Waals surface area contributed by atoms with Gasteiger partial charge in [-0.15, -0.1) is 0 Å². The number of ketones is 1. The SMILES string of the molecule is COc1ccc2c(c1O)CO/C(=C\c1c(Cl)cccc1Cl)C2=O. The van der Waals surface area contributed by atoms with Crippen molar-refractivity contribution in [1.82, 2.24) is 0 Å². The predicted octanol–water partition coefficient (Wildman–Crippen LogP) is 4.46. The molecule has 0 amide bonds. The molecule has 0 bridgehead atoms. The molecule has 0 unspecified atom stereocenters. The van der Waals surface area contributed by atoms with Gasteiger partial charge in [-0.05, 0) is 30.3 Å². The van der Waals surface area contributed by atoms with Crippen LogP contribution in [-0.4, -0.2) is 18.0 Å². The van der Waals surface area contributed by atoms with Crippen molar-refractivity contribution in [2.45, 2.75) is 6.61 Å². The number of phenolic OH excluding ortho intramolecular Hbond substituents is 1. The number of benzene rings is 2. The molecule has 23 heavy (non-hydrogen) atoms. The molecule has 1 aliphatic rings. The van der Waals surface area contributed by atoms with Gasteiger partial charge >= 0.3 is 0 Å². The lowest BCUT2D eigenvalue weighted by atomic mass is 9.98. The minimum Gasteiger partial charge on any atom is -0.504 e.